The highest BCUT2D eigenvalue weighted by Crippen LogP contribution is 1.96. The van der Waals surface area contributed by atoms with Crippen molar-refractivity contribution < 1.29 is 0 Å². The van der Waals surface area contributed by atoms with Gasteiger partial charge >= 0.3 is 0 Å². The Morgan fingerprint density at radius 3 is 2.00 bits per heavy atom. The van der Waals surface area contributed by atoms with E-state index in [9.17, 15) is 0 Å². The molecule has 0 amide bonds. The highest BCUT2D eigenvalue weighted by Gasteiger charge is 1.82. The van der Waals surface area contributed by atoms with E-state index >= 15 is 0 Å². The van der Waals surface area contributed by atoms with Gasteiger partial charge in [0, 0.05) is 6.42 Å². The molecule has 0 atom stereocenters. The van der Waals surface area contributed by atoms with Gasteiger partial charge in [-0.1, -0.05) is 57.0 Å². The molecule has 72 valence electrons. The van der Waals surface area contributed by atoms with E-state index in [-0.39, 0.29) is 0 Å². The van der Waals surface area contributed by atoms with Crippen LogP contribution in [0.15, 0.2) is 30.3 Å². The monoisotopic (exact) mass is 177 g/mol. The molecule has 0 saturated heterocycles. The molecule has 0 aliphatic heterocycles. The molecular formula is C12H19N. The van der Waals surface area contributed by atoms with Gasteiger partial charge in [0.15, 0.2) is 0 Å². The zero-order chi connectivity index (χ0) is 9.94. The molecule has 1 aromatic carbocycles. The molecule has 0 aromatic heterocycles. The lowest BCUT2D eigenvalue weighted by molar-refractivity contribution is 0.886. The van der Waals surface area contributed by atoms with Crippen molar-refractivity contribution in [2.45, 2.75) is 33.1 Å². The summed E-state index contributed by atoms with van der Waals surface area (Å²) >= 11 is 0. The van der Waals surface area contributed by atoms with Gasteiger partial charge in [-0.3, -0.25) is 0 Å². The number of nitrogens with one attached hydrogen (secondary N) is 1. The third kappa shape index (κ3) is 7.26. The summed E-state index contributed by atoms with van der Waals surface area (Å²) in [5.74, 6) is 0. The van der Waals surface area contributed by atoms with Crippen molar-refractivity contribution in [2.24, 2.45) is 0 Å². The van der Waals surface area contributed by atoms with Crippen LogP contribution >= 0.6 is 0 Å². The van der Waals surface area contributed by atoms with Crippen LogP contribution in [0.25, 0.3) is 0 Å². The second-order valence-electron chi connectivity index (χ2n) is 2.89. The summed E-state index contributed by atoms with van der Waals surface area (Å²) in [6, 6.07) is 9.99. The van der Waals surface area contributed by atoms with Crippen molar-refractivity contribution in [2.75, 3.05) is 0 Å². The molecule has 0 aliphatic carbocycles. The first kappa shape index (κ1) is 11.9. The number of unbranched alkanes of at least 4 members (excludes halogenated alkanes) is 1. The van der Waals surface area contributed by atoms with Gasteiger partial charge in [0.05, 0.1) is 0 Å². The zero-order valence-corrected chi connectivity index (χ0v) is 8.59. The Bertz CT molecular complexity index is 202. The molecule has 13 heavy (non-hydrogen) atoms. The Hall–Kier alpha value is -1.11. The smallest absolute Gasteiger partial charge is 0.00714 e. The SMILES string of the molecule is CCCC.N=CCc1ccccc1. The predicted octanol–water partition coefficient (Wildman–Crippen LogP) is 3.69. The molecule has 0 heterocycles. The molecule has 0 saturated carbocycles. The van der Waals surface area contributed by atoms with E-state index in [1.807, 2.05) is 30.3 Å². The maximum atomic E-state index is 6.82. The molecule has 1 aromatic rings. The fraction of sp³-hybridized carbons (Fsp3) is 0.417. The van der Waals surface area contributed by atoms with Gasteiger partial charge in [-0.25, -0.2) is 0 Å². The molecule has 0 spiro atoms. The van der Waals surface area contributed by atoms with Crippen LogP contribution in [0.1, 0.15) is 32.3 Å². The van der Waals surface area contributed by atoms with Crippen molar-refractivity contribution >= 4 is 6.21 Å². The lowest BCUT2D eigenvalue weighted by Gasteiger charge is -1.90. The minimum atomic E-state index is 0.751. The second-order valence-corrected chi connectivity index (χ2v) is 2.89. The molecule has 0 aliphatic rings. The Balaban J connectivity index is 0.000000310. The van der Waals surface area contributed by atoms with E-state index in [0.717, 1.165) is 6.42 Å². The largest absolute Gasteiger partial charge is 0.313 e. The van der Waals surface area contributed by atoms with Crippen molar-refractivity contribution in [1.82, 2.24) is 0 Å². The highest BCUT2D eigenvalue weighted by molar-refractivity contribution is 5.57. The van der Waals surface area contributed by atoms with Gasteiger partial charge in [-0.05, 0) is 11.8 Å². The molecule has 1 rings (SSSR count). The van der Waals surface area contributed by atoms with Crippen molar-refractivity contribution in [1.29, 1.82) is 5.41 Å². The van der Waals surface area contributed by atoms with Gasteiger partial charge in [-0.15, -0.1) is 0 Å². The highest BCUT2D eigenvalue weighted by atomic mass is 14.3. The maximum Gasteiger partial charge on any atom is 0.00714 e. The Morgan fingerprint density at radius 2 is 1.62 bits per heavy atom. The summed E-state index contributed by atoms with van der Waals surface area (Å²) in [6.45, 7) is 4.36. The molecule has 0 unspecified atom stereocenters. The summed E-state index contributed by atoms with van der Waals surface area (Å²) in [5.41, 5.74) is 1.20. The molecule has 1 nitrogen and oxygen atoms in total. The quantitative estimate of drug-likeness (QED) is 0.681. The fourth-order valence-corrected chi connectivity index (χ4v) is 0.732. The Kier molecular flexibility index (Phi) is 8.21. The van der Waals surface area contributed by atoms with Crippen LogP contribution in [-0.4, -0.2) is 6.21 Å². The standard InChI is InChI=1S/C8H9N.C4H10/c9-7-6-8-4-2-1-3-5-8;1-3-4-2/h1-5,7,9H,6H2;3-4H2,1-2H3. The second kappa shape index (κ2) is 8.98. The lowest BCUT2D eigenvalue weighted by Crippen LogP contribution is -1.81. The summed E-state index contributed by atoms with van der Waals surface area (Å²) in [6.07, 6.45) is 4.80. The molecule has 1 heteroatoms. The maximum absolute atomic E-state index is 6.82. The lowest BCUT2D eigenvalue weighted by atomic mass is 10.2. The van der Waals surface area contributed by atoms with Gasteiger partial charge in [0.2, 0.25) is 0 Å². The molecule has 1 N–H and O–H groups in total. The summed E-state index contributed by atoms with van der Waals surface area (Å²) < 4.78 is 0. The van der Waals surface area contributed by atoms with Crippen molar-refractivity contribution in [3.05, 3.63) is 35.9 Å². The van der Waals surface area contributed by atoms with Crippen LogP contribution in [0.5, 0.6) is 0 Å². The summed E-state index contributed by atoms with van der Waals surface area (Å²) in [4.78, 5) is 0. The topological polar surface area (TPSA) is 23.9 Å². The molecule has 0 bridgehead atoms. The van der Waals surface area contributed by atoms with E-state index < -0.39 is 0 Å². The predicted molar refractivity (Wildman–Crippen MR) is 59.5 cm³/mol. The first-order chi connectivity index (χ1) is 6.35. The Labute approximate surface area is 81.3 Å². The summed E-state index contributed by atoms with van der Waals surface area (Å²) in [5, 5.41) is 6.82. The van der Waals surface area contributed by atoms with Crippen LogP contribution < -0.4 is 0 Å². The van der Waals surface area contributed by atoms with Crippen molar-refractivity contribution in [3.8, 4) is 0 Å². The third-order valence-electron chi connectivity index (χ3n) is 1.68. The van der Waals surface area contributed by atoms with Gasteiger partial charge in [-0.2, -0.15) is 0 Å². The van der Waals surface area contributed by atoms with E-state index in [0.29, 0.717) is 0 Å². The van der Waals surface area contributed by atoms with E-state index in [4.69, 9.17) is 5.41 Å². The first-order valence-corrected chi connectivity index (χ1v) is 4.88. The van der Waals surface area contributed by atoms with Crippen molar-refractivity contribution in [3.63, 3.8) is 0 Å². The molecule has 0 fully saturated rings. The van der Waals surface area contributed by atoms with Crippen LogP contribution in [0.3, 0.4) is 0 Å². The Morgan fingerprint density at radius 1 is 1.08 bits per heavy atom. The first-order valence-electron chi connectivity index (χ1n) is 4.88. The minimum Gasteiger partial charge on any atom is -0.313 e. The van der Waals surface area contributed by atoms with E-state index in [1.165, 1.54) is 24.6 Å². The molecule has 0 radical (unpaired) electrons. The number of hydrogen-bond acceptors (Lipinski definition) is 1. The van der Waals surface area contributed by atoms with Crippen LogP contribution in [0.4, 0.5) is 0 Å². The third-order valence-corrected chi connectivity index (χ3v) is 1.68. The fourth-order valence-electron chi connectivity index (χ4n) is 0.732. The van der Waals surface area contributed by atoms with Crippen LogP contribution in [-0.2, 0) is 6.42 Å². The number of rotatable bonds is 3. The normalized spacial score (nSPS) is 8.46. The average Bonchev–Trinajstić information content (AvgIpc) is 2.20. The minimum absolute atomic E-state index is 0.751. The van der Waals surface area contributed by atoms with Gasteiger partial charge in [0.25, 0.3) is 0 Å². The van der Waals surface area contributed by atoms with Crippen LogP contribution in [0, 0.1) is 5.41 Å². The summed E-state index contributed by atoms with van der Waals surface area (Å²) in [7, 11) is 0. The molecular weight excluding hydrogens is 158 g/mol. The van der Waals surface area contributed by atoms with Gasteiger partial charge < -0.3 is 5.41 Å². The van der Waals surface area contributed by atoms with E-state index in [1.54, 1.807) is 0 Å². The number of benzene rings is 1. The van der Waals surface area contributed by atoms with Crippen LogP contribution in [0.2, 0.25) is 0 Å². The zero-order valence-electron chi connectivity index (χ0n) is 8.59. The average molecular weight is 177 g/mol. The van der Waals surface area contributed by atoms with E-state index in [2.05, 4.69) is 13.8 Å². The van der Waals surface area contributed by atoms with Gasteiger partial charge in [0.1, 0.15) is 0 Å². The number of hydrogen-bond donors (Lipinski definition) is 1.